The fourth-order valence-electron chi connectivity index (χ4n) is 2.23. The van der Waals surface area contributed by atoms with Gasteiger partial charge < -0.3 is 5.32 Å². The van der Waals surface area contributed by atoms with Gasteiger partial charge in [0.15, 0.2) is 0 Å². The van der Waals surface area contributed by atoms with E-state index in [9.17, 15) is 0 Å². The Hall–Kier alpha value is -1.74. The lowest BCUT2D eigenvalue weighted by Crippen LogP contribution is -2.23. The summed E-state index contributed by atoms with van der Waals surface area (Å²) in [5, 5.41) is 3.60. The van der Waals surface area contributed by atoms with E-state index in [0.29, 0.717) is 12.0 Å². The highest BCUT2D eigenvalue weighted by molar-refractivity contribution is 5.19. The third-order valence-electron chi connectivity index (χ3n) is 3.27. The van der Waals surface area contributed by atoms with Gasteiger partial charge in [-0.2, -0.15) is 0 Å². The standard InChI is InChI=1S/C17H23N3/c1-13(2)9-17(15-7-5-4-6-8-15)20-12-16-11-18-14(3)10-19-16/h4-8,10-11,13,17,20H,9,12H2,1-3H3. The summed E-state index contributed by atoms with van der Waals surface area (Å²) in [6, 6.07) is 11.0. The molecule has 0 amide bonds. The topological polar surface area (TPSA) is 37.8 Å². The highest BCUT2D eigenvalue weighted by atomic mass is 14.9. The fraction of sp³-hybridized carbons (Fsp3) is 0.412. The highest BCUT2D eigenvalue weighted by Gasteiger charge is 2.12. The van der Waals surface area contributed by atoms with E-state index in [-0.39, 0.29) is 0 Å². The molecule has 1 aromatic heterocycles. The second-order valence-corrected chi connectivity index (χ2v) is 5.62. The van der Waals surface area contributed by atoms with Crippen molar-refractivity contribution in [1.29, 1.82) is 0 Å². The molecule has 0 aliphatic heterocycles. The molecule has 2 rings (SSSR count). The van der Waals surface area contributed by atoms with Gasteiger partial charge in [-0.25, -0.2) is 0 Å². The molecule has 0 saturated carbocycles. The van der Waals surface area contributed by atoms with Crippen molar-refractivity contribution >= 4 is 0 Å². The molecule has 3 heteroatoms. The zero-order valence-corrected chi connectivity index (χ0v) is 12.5. The van der Waals surface area contributed by atoms with Crippen LogP contribution in [-0.2, 0) is 6.54 Å². The summed E-state index contributed by atoms with van der Waals surface area (Å²) < 4.78 is 0. The van der Waals surface area contributed by atoms with E-state index >= 15 is 0 Å². The van der Waals surface area contributed by atoms with Crippen LogP contribution in [0.4, 0.5) is 0 Å². The average Bonchev–Trinajstić information content (AvgIpc) is 2.46. The highest BCUT2D eigenvalue weighted by Crippen LogP contribution is 2.21. The number of nitrogens with one attached hydrogen (secondary N) is 1. The van der Waals surface area contributed by atoms with E-state index in [4.69, 9.17) is 0 Å². The molecule has 1 heterocycles. The number of aromatic nitrogens is 2. The maximum Gasteiger partial charge on any atom is 0.0724 e. The first kappa shape index (κ1) is 14.7. The van der Waals surface area contributed by atoms with Crippen molar-refractivity contribution in [2.75, 3.05) is 0 Å². The monoisotopic (exact) mass is 269 g/mol. The number of benzene rings is 1. The quantitative estimate of drug-likeness (QED) is 0.869. The van der Waals surface area contributed by atoms with Gasteiger partial charge in [-0.05, 0) is 24.8 Å². The molecule has 0 saturated heterocycles. The third kappa shape index (κ3) is 4.42. The van der Waals surface area contributed by atoms with Crippen LogP contribution in [0, 0.1) is 12.8 Å². The van der Waals surface area contributed by atoms with Crippen molar-refractivity contribution in [3.63, 3.8) is 0 Å². The Morgan fingerprint density at radius 3 is 2.40 bits per heavy atom. The third-order valence-corrected chi connectivity index (χ3v) is 3.27. The second-order valence-electron chi connectivity index (χ2n) is 5.62. The zero-order valence-electron chi connectivity index (χ0n) is 12.5. The summed E-state index contributed by atoms with van der Waals surface area (Å²) in [5.41, 5.74) is 3.28. The van der Waals surface area contributed by atoms with Gasteiger partial charge in [-0.3, -0.25) is 9.97 Å². The molecule has 0 spiro atoms. The SMILES string of the molecule is Cc1cnc(CNC(CC(C)C)c2ccccc2)cn1. The number of rotatable bonds is 6. The molecule has 1 unspecified atom stereocenters. The van der Waals surface area contributed by atoms with Crippen molar-refractivity contribution in [3.8, 4) is 0 Å². The van der Waals surface area contributed by atoms with Crippen LogP contribution in [0.3, 0.4) is 0 Å². The molecule has 0 aliphatic rings. The molecule has 1 aromatic carbocycles. The van der Waals surface area contributed by atoms with Gasteiger partial charge in [0.25, 0.3) is 0 Å². The van der Waals surface area contributed by atoms with E-state index in [1.54, 1.807) is 0 Å². The van der Waals surface area contributed by atoms with Crippen molar-refractivity contribution in [3.05, 3.63) is 59.7 Å². The molecule has 106 valence electrons. The molecule has 0 fully saturated rings. The summed E-state index contributed by atoms with van der Waals surface area (Å²) in [6.07, 6.45) is 4.78. The number of hydrogen-bond acceptors (Lipinski definition) is 3. The Balaban J connectivity index is 2.03. The summed E-state index contributed by atoms with van der Waals surface area (Å²) in [7, 11) is 0. The van der Waals surface area contributed by atoms with Gasteiger partial charge in [0, 0.05) is 25.0 Å². The maximum absolute atomic E-state index is 4.40. The van der Waals surface area contributed by atoms with Crippen LogP contribution >= 0.6 is 0 Å². The summed E-state index contributed by atoms with van der Waals surface area (Å²) >= 11 is 0. The van der Waals surface area contributed by atoms with E-state index in [1.807, 2.05) is 19.3 Å². The Morgan fingerprint density at radius 2 is 1.80 bits per heavy atom. The van der Waals surface area contributed by atoms with Gasteiger partial charge in [-0.15, -0.1) is 0 Å². The predicted octanol–water partition coefficient (Wildman–Crippen LogP) is 3.66. The lowest BCUT2D eigenvalue weighted by Gasteiger charge is -2.21. The lowest BCUT2D eigenvalue weighted by atomic mass is 9.97. The fourth-order valence-corrected chi connectivity index (χ4v) is 2.23. The van der Waals surface area contributed by atoms with Gasteiger partial charge >= 0.3 is 0 Å². The van der Waals surface area contributed by atoms with E-state index in [0.717, 1.165) is 24.4 Å². The first-order chi connectivity index (χ1) is 9.65. The van der Waals surface area contributed by atoms with Crippen LogP contribution < -0.4 is 5.32 Å². The van der Waals surface area contributed by atoms with E-state index < -0.39 is 0 Å². The molecular formula is C17H23N3. The van der Waals surface area contributed by atoms with Crippen molar-refractivity contribution in [1.82, 2.24) is 15.3 Å². The number of nitrogens with zero attached hydrogens (tertiary/aromatic N) is 2. The van der Waals surface area contributed by atoms with Gasteiger partial charge in [0.1, 0.15) is 0 Å². The molecule has 0 bridgehead atoms. The summed E-state index contributed by atoms with van der Waals surface area (Å²) in [4.78, 5) is 8.69. The maximum atomic E-state index is 4.40. The molecule has 3 nitrogen and oxygen atoms in total. The van der Waals surface area contributed by atoms with Crippen LogP contribution in [0.15, 0.2) is 42.7 Å². The summed E-state index contributed by atoms with van der Waals surface area (Å²) in [6.45, 7) is 7.21. The smallest absolute Gasteiger partial charge is 0.0724 e. The van der Waals surface area contributed by atoms with E-state index in [1.165, 1.54) is 5.56 Å². The lowest BCUT2D eigenvalue weighted by molar-refractivity contribution is 0.426. The minimum absolute atomic E-state index is 0.360. The van der Waals surface area contributed by atoms with Crippen LogP contribution in [0.1, 0.15) is 43.3 Å². The normalized spacial score (nSPS) is 12.6. The van der Waals surface area contributed by atoms with Crippen LogP contribution in [0.5, 0.6) is 0 Å². The molecule has 2 aromatic rings. The largest absolute Gasteiger partial charge is 0.304 e. The Morgan fingerprint density at radius 1 is 1.05 bits per heavy atom. The van der Waals surface area contributed by atoms with Crippen molar-refractivity contribution in [2.24, 2.45) is 5.92 Å². The van der Waals surface area contributed by atoms with E-state index in [2.05, 4.69) is 59.5 Å². The first-order valence-electron chi connectivity index (χ1n) is 7.21. The average molecular weight is 269 g/mol. The Labute approximate surface area is 121 Å². The Kier molecular flexibility index (Phi) is 5.24. The van der Waals surface area contributed by atoms with Crippen molar-refractivity contribution < 1.29 is 0 Å². The molecule has 20 heavy (non-hydrogen) atoms. The second kappa shape index (κ2) is 7.15. The van der Waals surface area contributed by atoms with Gasteiger partial charge in [-0.1, -0.05) is 44.2 Å². The Bertz CT molecular complexity index is 506. The van der Waals surface area contributed by atoms with Crippen LogP contribution in [0.2, 0.25) is 0 Å². The molecule has 0 radical (unpaired) electrons. The predicted molar refractivity (Wildman–Crippen MR) is 82.2 cm³/mol. The molecular weight excluding hydrogens is 246 g/mol. The summed E-state index contributed by atoms with van der Waals surface area (Å²) in [5.74, 6) is 0.650. The zero-order chi connectivity index (χ0) is 14.4. The number of hydrogen-bond donors (Lipinski definition) is 1. The van der Waals surface area contributed by atoms with Gasteiger partial charge in [0.2, 0.25) is 0 Å². The first-order valence-corrected chi connectivity index (χ1v) is 7.21. The molecule has 1 N–H and O–H groups in total. The minimum Gasteiger partial charge on any atom is -0.304 e. The van der Waals surface area contributed by atoms with Gasteiger partial charge in [0.05, 0.1) is 11.4 Å². The number of aryl methyl sites for hydroxylation is 1. The van der Waals surface area contributed by atoms with Crippen LogP contribution in [-0.4, -0.2) is 9.97 Å². The molecule has 0 aliphatic carbocycles. The van der Waals surface area contributed by atoms with Crippen LogP contribution in [0.25, 0.3) is 0 Å². The van der Waals surface area contributed by atoms with Crippen molar-refractivity contribution in [2.45, 2.75) is 39.8 Å². The molecule has 1 atom stereocenters. The minimum atomic E-state index is 0.360.